The molecule has 0 atom stereocenters. The van der Waals surface area contributed by atoms with Crippen molar-refractivity contribution in [3.05, 3.63) is 34.7 Å². The van der Waals surface area contributed by atoms with E-state index < -0.39 is 0 Å². The van der Waals surface area contributed by atoms with Gasteiger partial charge in [0.15, 0.2) is 0 Å². The van der Waals surface area contributed by atoms with Gasteiger partial charge in [-0.3, -0.25) is 14.5 Å². The Balaban J connectivity index is 1.98. The standard InChI is InChI=1S/C18H20N2O3S2/c1-3-9-19-13-8-5-4-7-12(13)14(16(19)21)15-17(22)20(18(24)25-15)10-6-11-23-2/h4-5,7-8H,3,6,9-11H2,1-2H3. The van der Waals surface area contributed by atoms with E-state index in [0.717, 1.165) is 17.7 Å². The van der Waals surface area contributed by atoms with Gasteiger partial charge in [0.2, 0.25) is 0 Å². The molecular weight excluding hydrogens is 356 g/mol. The molecule has 7 heteroatoms. The lowest BCUT2D eigenvalue weighted by Crippen LogP contribution is -2.31. The maximum atomic E-state index is 13.0. The minimum absolute atomic E-state index is 0.111. The lowest BCUT2D eigenvalue weighted by molar-refractivity contribution is -0.122. The van der Waals surface area contributed by atoms with Gasteiger partial charge in [-0.05, 0) is 18.9 Å². The van der Waals surface area contributed by atoms with E-state index in [2.05, 4.69) is 0 Å². The van der Waals surface area contributed by atoms with Crippen molar-refractivity contribution in [1.29, 1.82) is 0 Å². The van der Waals surface area contributed by atoms with Crippen LogP contribution in [0.15, 0.2) is 29.2 Å². The summed E-state index contributed by atoms with van der Waals surface area (Å²) in [6.07, 6.45) is 1.56. The fourth-order valence-electron chi connectivity index (χ4n) is 3.05. The number of nitrogens with zero attached hydrogens (tertiary/aromatic N) is 2. The lowest BCUT2D eigenvalue weighted by Gasteiger charge is -2.15. The summed E-state index contributed by atoms with van der Waals surface area (Å²) in [7, 11) is 1.63. The number of carbonyl (C=O) groups excluding carboxylic acids is 2. The van der Waals surface area contributed by atoms with E-state index in [0.29, 0.717) is 40.9 Å². The number of benzene rings is 1. The third kappa shape index (κ3) is 3.23. The SMILES string of the molecule is CCCN1C(=O)C(=C2SC(=S)N(CCCOC)C2=O)c2ccccc21. The maximum absolute atomic E-state index is 13.0. The Labute approximate surface area is 157 Å². The number of thioether (sulfide) groups is 1. The number of hydrogen-bond donors (Lipinski definition) is 0. The Kier molecular flexibility index (Phi) is 5.56. The molecule has 0 aliphatic carbocycles. The summed E-state index contributed by atoms with van der Waals surface area (Å²) < 4.78 is 5.55. The molecule has 5 nitrogen and oxygen atoms in total. The molecule has 0 bridgehead atoms. The van der Waals surface area contributed by atoms with E-state index in [9.17, 15) is 9.59 Å². The van der Waals surface area contributed by atoms with Crippen molar-refractivity contribution >= 4 is 51.4 Å². The maximum Gasteiger partial charge on any atom is 0.267 e. The van der Waals surface area contributed by atoms with Crippen molar-refractivity contribution < 1.29 is 14.3 Å². The first kappa shape index (κ1) is 18.1. The first-order valence-electron chi connectivity index (χ1n) is 8.28. The molecule has 25 heavy (non-hydrogen) atoms. The molecule has 1 aromatic rings. The van der Waals surface area contributed by atoms with Crippen LogP contribution < -0.4 is 4.90 Å². The van der Waals surface area contributed by atoms with Gasteiger partial charge in [0.05, 0.1) is 16.2 Å². The highest BCUT2D eigenvalue weighted by Gasteiger charge is 2.41. The zero-order chi connectivity index (χ0) is 18.0. The van der Waals surface area contributed by atoms with Crippen LogP contribution in [0.3, 0.4) is 0 Å². The van der Waals surface area contributed by atoms with E-state index >= 15 is 0 Å². The smallest absolute Gasteiger partial charge is 0.267 e. The summed E-state index contributed by atoms with van der Waals surface area (Å²) in [4.78, 5) is 29.6. The van der Waals surface area contributed by atoms with Crippen LogP contribution in [0.1, 0.15) is 25.3 Å². The highest BCUT2D eigenvalue weighted by atomic mass is 32.2. The third-order valence-electron chi connectivity index (χ3n) is 4.18. The summed E-state index contributed by atoms with van der Waals surface area (Å²) >= 11 is 6.59. The minimum Gasteiger partial charge on any atom is -0.385 e. The number of methoxy groups -OCH3 is 1. The quantitative estimate of drug-likeness (QED) is 0.434. The van der Waals surface area contributed by atoms with Gasteiger partial charge >= 0.3 is 0 Å². The van der Waals surface area contributed by atoms with Crippen molar-refractivity contribution in [2.45, 2.75) is 19.8 Å². The number of rotatable bonds is 6. The minimum atomic E-state index is -0.178. The average Bonchev–Trinajstić information content (AvgIpc) is 3.03. The molecule has 0 N–H and O–H groups in total. The van der Waals surface area contributed by atoms with Crippen molar-refractivity contribution in [1.82, 2.24) is 4.90 Å². The van der Waals surface area contributed by atoms with Gasteiger partial charge in [0.25, 0.3) is 11.8 Å². The van der Waals surface area contributed by atoms with Gasteiger partial charge in [-0.1, -0.05) is 49.1 Å². The van der Waals surface area contributed by atoms with Crippen LogP contribution in [0.5, 0.6) is 0 Å². The zero-order valence-electron chi connectivity index (χ0n) is 14.3. The third-order valence-corrected chi connectivity index (χ3v) is 5.63. The van der Waals surface area contributed by atoms with Crippen LogP contribution in [0.25, 0.3) is 5.57 Å². The summed E-state index contributed by atoms with van der Waals surface area (Å²) in [5, 5.41) is 0. The van der Waals surface area contributed by atoms with Crippen molar-refractivity contribution in [3.63, 3.8) is 0 Å². The van der Waals surface area contributed by atoms with Crippen LogP contribution in [0.4, 0.5) is 5.69 Å². The predicted octanol–water partition coefficient (Wildman–Crippen LogP) is 3.05. The van der Waals surface area contributed by atoms with Gasteiger partial charge in [0, 0.05) is 32.4 Å². The Morgan fingerprint density at radius 1 is 1.12 bits per heavy atom. The van der Waals surface area contributed by atoms with Crippen LogP contribution >= 0.6 is 24.0 Å². The van der Waals surface area contributed by atoms with Crippen molar-refractivity contribution in [2.24, 2.45) is 0 Å². The number of fused-ring (bicyclic) bond motifs is 1. The fourth-order valence-corrected chi connectivity index (χ4v) is 4.43. The molecule has 0 aromatic heterocycles. The number of ether oxygens (including phenoxy) is 1. The second-order valence-corrected chi connectivity index (χ2v) is 7.49. The second kappa shape index (κ2) is 7.68. The van der Waals surface area contributed by atoms with Crippen LogP contribution in [0, 0.1) is 0 Å². The first-order valence-corrected chi connectivity index (χ1v) is 9.50. The first-order chi connectivity index (χ1) is 12.1. The number of para-hydroxylation sites is 1. The molecule has 2 amide bonds. The van der Waals surface area contributed by atoms with E-state index in [-0.39, 0.29) is 11.8 Å². The molecule has 1 fully saturated rings. The fraction of sp³-hybridized carbons (Fsp3) is 0.389. The Bertz CT molecular complexity index is 760. The van der Waals surface area contributed by atoms with E-state index in [1.54, 1.807) is 16.9 Å². The Morgan fingerprint density at radius 3 is 2.60 bits per heavy atom. The second-order valence-electron chi connectivity index (χ2n) is 5.85. The molecule has 0 unspecified atom stereocenters. The molecule has 2 aliphatic rings. The number of thiocarbonyl (C=S) groups is 1. The van der Waals surface area contributed by atoms with Crippen molar-refractivity contribution in [3.8, 4) is 0 Å². The number of amides is 2. The number of hydrogen-bond acceptors (Lipinski definition) is 5. The average molecular weight is 377 g/mol. The van der Waals surface area contributed by atoms with Crippen molar-refractivity contribution in [2.75, 3.05) is 31.7 Å². The molecule has 0 saturated carbocycles. The highest BCUT2D eigenvalue weighted by molar-refractivity contribution is 8.26. The largest absolute Gasteiger partial charge is 0.385 e. The molecule has 0 radical (unpaired) electrons. The molecule has 1 saturated heterocycles. The molecule has 132 valence electrons. The molecule has 1 aromatic carbocycles. The van der Waals surface area contributed by atoms with Gasteiger partial charge in [-0.15, -0.1) is 0 Å². The highest BCUT2D eigenvalue weighted by Crippen LogP contribution is 2.44. The van der Waals surface area contributed by atoms with Gasteiger partial charge < -0.3 is 9.64 Å². The van der Waals surface area contributed by atoms with Crippen LogP contribution in [0.2, 0.25) is 0 Å². The molecule has 3 rings (SSSR count). The number of anilines is 1. The molecule has 2 aliphatic heterocycles. The summed E-state index contributed by atoms with van der Waals surface area (Å²) in [6, 6.07) is 7.62. The molecule has 2 heterocycles. The van der Waals surface area contributed by atoms with E-state index in [4.69, 9.17) is 17.0 Å². The van der Waals surface area contributed by atoms with Crippen LogP contribution in [-0.4, -0.2) is 47.8 Å². The van der Waals surface area contributed by atoms with Crippen LogP contribution in [-0.2, 0) is 14.3 Å². The summed E-state index contributed by atoms with van der Waals surface area (Å²) in [5.41, 5.74) is 2.17. The predicted molar refractivity (Wildman–Crippen MR) is 104 cm³/mol. The monoisotopic (exact) mass is 376 g/mol. The Hall–Kier alpha value is -1.70. The Morgan fingerprint density at radius 2 is 1.88 bits per heavy atom. The summed E-state index contributed by atoms with van der Waals surface area (Å²) in [6.45, 7) is 3.73. The van der Waals surface area contributed by atoms with Gasteiger partial charge in [0.1, 0.15) is 4.32 Å². The molecule has 0 spiro atoms. The lowest BCUT2D eigenvalue weighted by atomic mass is 10.1. The zero-order valence-corrected chi connectivity index (χ0v) is 15.9. The number of carbonyl (C=O) groups is 2. The molecular formula is C18H20N2O3S2. The van der Waals surface area contributed by atoms with E-state index in [1.165, 1.54) is 11.8 Å². The van der Waals surface area contributed by atoms with E-state index in [1.807, 2.05) is 31.2 Å². The van der Waals surface area contributed by atoms with Gasteiger partial charge in [-0.25, -0.2) is 0 Å². The van der Waals surface area contributed by atoms with Gasteiger partial charge in [-0.2, -0.15) is 0 Å². The topological polar surface area (TPSA) is 49.9 Å². The summed E-state index contributed by atoms with van der Waals surface area (Å²) in [5.74, 6) is -0.289. The normalized spacial score (nSPS) is 20.0.